The highest BCUT2D eigenvalue weighted by Gasteiger charge is 2.26. The SMILES string of the molecule is CC#CCC(O)C1COc2ccccc2O1. The van der Waals surface area contributed by atoms with E-state index in [1.807, 2.05) is 24.3 Å². The van der Waals surface area contributed by atoms with E-state index < -0.39 is 6.10 Å². The van der Waals surface area contributed by atoms with Crippen molar-refractivity contribution in [2.45, 2.75) is 25.6 Å². The lowest BCUT2D eigenvalue weighted by molar-refractivity contribution is -0.00723. The highest BCUT2D eigenvalue weighted by molar-refractivity contribution is 5.40. The second-order valence-electron chi connectivity index (χ2n) is 3.61. The van der Waals surface area contributed by atoms with Gasteiger partial charge in [-0.3, -0.25) is 0 Å². The lowest BCUT2D eigenvalue weighted by Gasteiger charge is -2.28. The first kappa shape index (κ1) is 10.8. The molecule has 1 aromatic rings. The van der Waals surface area contributed by atoms with Gasteiger partial charge in [0.15, 0.2) is 17.6 Å². The van der Waals surface area contributed by atoms with Crippen molar-refractivity contribution in [3.05, 3.63) is 24.3 Å². The van der Waals surface area contributed by atoms with Gasteiger partial charge in [0.1, 0.15) is 12.7 Å². The fraction of sp³-hybridized carbons (Fsp3) is 0.385. The van der Waals surface area contributed by atoms with E-state index in [0.29, 0.717) is 18.8 Å². The third-order valence-electron chi connectivity index (χ3n) is 2.45. The molecule has 2 atom stereocenters. The van der Waals surface area contributed by atoms with Crippen molar-refractivity contribution in [3.8, 4) is 23.3 Å². The zero-order chi connectivity index (χ0) is 11.4. The molecule has 0 fully saturated rings. The van der Waals surface area contributed by atoms with Gasteiger partial charge in [-0.15, -0.1) is 11.8 Å². The normalized spacial score (nSPS) is 19.5. The first-order chi connectivity index (χ1) is 7.81. The first-order valence-electron chi connectivity index (χ1n) is 5.27. The second-order valence-corrected chi connectivity index (χ2v) is 3.61. The number of benzene rings is 1. The summed E-state index contributed by atoms with van der Waals surface area (Å²) in [5.74, 6) is 7.00. The summed E-state index contributed by atoms with van der Waals surface area (Å²) >= 11 is 0. The number of para-hydroxylation sites is 2. The molecule has 0 aliphatic carbocycles. The predicted octanol–water partition coefficient (Wildman–Crippen LogP) is 1.60. The highest BCUT2D eigenvalue weighted by Crippen LogP contribution is 2.31. The van der Waals surface area contributed by atoms with Crippen LogP contribution in [0, 0.1) is 11.8 Å². The number of aliphatic hydroxyl groups excluding tert-OH is 1. The number of hydrogen-bond acceptors (Lipinski definition) is 3. The molecule has 0 saturated carbocycles. The molecule has 2 rings (SSSR count). The van der Waals surface area contributed by atoms with Crippen LogP contribution in [0.15, 0.2) is 24.3 Å². The summed E-state index contributed by atoms with van der Waals surface area (Å²) in [6, 6.07) is 7.45. The largest absolute Gasteiger partial charge is 0.486 e. The summed E-state index contributed by atoms with van der Waals surface area (Å²) in [7, 11) is 0. The molecular weight excluding hydrogens is 204 g/mol. The Morgan fingerprint density at radius 2 is 2.19 bits per heavy atom. The number of hydrogen-bond donors (Lipinski definition) is 1. The van der Waals surface area contributed by atoms with Gasteiger partial charge in [-0.05, 0) is 19.1 Å². The smallest absolute Gasteiger partial charge is 0.161 e. The van der Waals surface area contributed by atoms with Gasteiger partial charge in [0.2, 0.25) is 0 Å². The fourth-order valence-corrected chi connectivity index (χ4v) is 1.56. The molecule has 1 N–H and O–H groups in total. The van der Waals surface area contributed by atoms with Crippen molar-refractivity contribution in [3.63, 3.8) is 0 Å². The van der Waals surface area contributed by atoms with E-state index in [9.17, 15) is 5.11 Å². The molecule has 1 heterocycles. The monoisotopic (exact) mass is 218 g/mol. The molecule has 3 heteroatoms. The number of aliphatic hydroxyl groups is 1. The molecule has 3 nitrogen and oxygen atoms in total. The lowest BCUT2D eigenvalue weighted by atomic mass is 10.1. The van der Waals surface area contributed by atoms with Crippen LogP contribution in [-0.2, 0) is 0 Å². The Balaban J connectivity index is 2.04. The zero-order valence-electron chi connectivity index (χ0n) is 9.14. The van der Waals surface area contributed by atoms with E-state index >= 15 is 0 Å². The molecule has 0 radical (unpaired) electrons. The van der Waals surface area contributed by atoms with Crippen LogP contribution in [0.25, 0.3) is 0 Å². The van der Waals surface area contributed by atoms with E-state index in [2.05, 4.69) is 11.8 Å². The summed E-state index contributed by atoms with van der Waals surface area (Å²) in [4.78, 5) is 0. The molecule has 84 valence electrons. The van der Waals surface area contributed by atoms with Crippen LogP contribution in [0.4, 0.5) is 0 Å². The summed E-state index contributed by atoms with van der Waals surface area (Å²) < 4.78 is 11.2. The van der Waals surface area contributed by atoms with E-state index in [0.717, 1.165) is 5.75 Å². The Kier molecular flexibility index (Phi) is 3.33. The van der Waals surface area contributed by atoms with Crippen molar-refractivity contribution < 1.29 is 14.6 Å². The Labute approximate surface area is 95.0 Å². The minimum atomic E-state index is -0.610. The first-order valence-corrected chi connectivity index (χ1v) is 5.27. The second kappa shape index (κ2) is 4.91. The van der Waals surface area contributed by atoms with Gasteiger partial charge < -0.3 is 14.6 Å². The Bertz CT molecular complexity index is 417. The van der Waals surface area contributed by atoms with Crippen LogP contribution in [0.5, 0.6) is 11.5 Å². The van der Waals surface area contributed by atoms with E-state index in [1.54, 1.807) is 6.92 Å². The van der Waals surface area contributed by atoms with Crippen molar-refractivity contribution >= 4 is 0 Å². The van der Waals surface area contributed by atoms with E-state index in [-0.39, 0.29) is 6.10 Å². The molecule has 0 bridgehead atoms. The maximum Gasteiger partial charge on any atom is 0.161 e. The van der Waals surface area contributed by atoms with Crippen molar-refractivity contribution in [1.82, 2.24) is 0 Å². The number of ether oxygens (including phenoxy) is 2. The maximum atomic E-state index is 9.82. The average molecular weight is 218 g/mol. The summed E-state index contributed by atoms with van der Waals surface area (Å²) in [5, 5.41) is 9.82. The molecule has 16 heavy (non-hydrogen) atoms. The van der Waals surface area contributed by atoms with Gasteiger partial charge in [-0.1, -0.05) is 12.1 Å². The van der Waals surface area contributed by atoms with Gasteiger partial charge in [0, 0.05) is 6.42 Å². The van der Waals surface area contributed by atoms with Gasteiger partial charge in [-0.25, -0.2) is 0 Å². The van der Waals surface area contributed by atoms with Gasteiger partial charge in [0.25, 0.3) is 0 Å². The molecule has 0 spiro atoms. The number of rotatable bonds is 2. The Hall–Kier alpha value is -1.66. The van der Waals surface area contributed by atoms with Crippen LogP contribution in [0.1, 0.15) is 13.3 Å². The van der Waals surface area contributed by atoms with Crippen LogP contribution < -0.4 is 9.47 Å². The molecular formula is C13H14O3. The molecule has 0 aromatic heterocycles. The standard InChI is InChI=1S/C13H14O3/c1-2-3-6-10(14)13-9-15-11-7-4-5-8-12(11)16-13/h4-5,7-8,10,13-14H,6,9H2,1H3. The predicted molar refractivity (Wildman–Crippen MR) is 60.4 cm³/mol. The third kappa shape index (κ3) is 2.29. The lowest BCUT2D eigenvalue weighted by Crippen LogP contribution is -2.39. The molecule has 1 aliphatic heterocycles. The molecule has 2 unspecified atom stereocenters. The van der Waals surface area contributed by atoms with Gasteiger partial charge in [0.05, 0.1) is 0 Å². The van der Waals surface area contributed by atoms with Crippen molar-refractivity contribution in [1.29, 1.82) is 0 Å². The Morgan fingerprint density at radius 3 is 2.94 bits per heavy atom. The Morgan fingerprint density at radius 1 is 1.44 bits per heavy atom. The van der Waals surface area contributed by atoms with Crippen LogP contribution in [-0.4, -0.2) is 23.9 Å². The molecule has 1 aromatic carbocycles. The van der Waals surface area contributed by atoms with E-state index in [1.165, 1.54) is 0 Å². The van der Waals surface area contributed by atoms with Crippen molar-refractivity contribution in [2.24, 2.45) is 0 Å². The quantitative estimate of drug-likeness (QED) is 0.766. The van der Waals surface area contributed by atoms with Gasteiger partial charge >= 0.3 is 0 Å². The highest BCUT2D eigenvalue weighted by atomic mass is 16.6. The third-order valence-corrected chi connectivity index (χ3v) is 2.45. The minimum Gasteiger partial charge on any atom is -0.486 e. The minimum absolute atomic E-state index is 0.337. The summed E-state index contributed by atoms with van der Waals surface area (Å²) in [6.07, 6.45) is -0.538. The van der Waals surface area contributed by atoms with Crippen LogP contribution in [0.3, 0.4) is 0 Å². The average Bonchev–Trinajstić information content (AvgIpc) is 2.35. The molecule has 1 aliphatic rings. The zero-order valence-corrected chi connectivity index (χ0v) is 9.14. The molecule has 0 saturated heterocycles. The fourth-order valence-electron chi connectivity index (χ4n) is 1.56. The van der Waals surface area contributed by atoms with Crippen molar-refractivity contribution in [2.75, 3.05) is 6.61 Å². The number of fused-ring (bicyclic) bond motifs is 1. The summed E-state index contributed by atoms with van der Waals surface area (Å²) in [6.45, 7) is 2.11. The van der Waals surface area contributed by atoms with Gasteiger partial charge in [-0.2, -0.15) is 0 Å². The van der Waals surface area contributed by atoms with Crippen LogP contribution >= 0.6 is 0 Å². The summed E-state index contributed by atoms with van der Waals surface area (Å²) in [5.41, 5.74) is 0. The van der Waals surface area contributed by atoms with E-state index in [4.69, 9.17) is 9.47 Å². The molecule has 0 amide bonds. The maximum absolute atomic E-state index is 9.82. The topological polar surface area (TPSA) is 38.7 Å². The van der Waals surface area contributed by atoms with Crippen LogP contribution in [0.2, 0.25) is 0 Å².